The summed E-state index contributed by atoms with van der Waals surface area (Å²) >= 11 is 0. The fraction of sp³-hybridized carbons (Fsp3) is 0.355. The molecule has 1 N–H and O–H groups in total. The van der Waals surface area contributed by atoms with E-state index in [1.165, 1.54) is 24.1 Å². The molecular formula is C31H37N3O5S. The Labute approximate surface area is 237 Å². The number of benzene rings is 3. The van der Waals surface area contributed by atoms with Crippen molar-refractivity contribution < 1.29 is 22.7 Å². The number of nitrogens with one attached hydrogen (secondary N) is 1. The summed E-state index contributed by atoms with van der Waals surface area (Å²) in [6.07, 6.45) is 3.98. The quantitative estimate of drug-likeness (QED) is 0.366. The van der Waals surface area contributed by atoms with Crippen LogP contribution in [0, 0.1) is 6.92 Å². The van der Waals surface area contributed by atoms with Crippen molar-refractivity contribution in [2.75, 3.05) is 18.0 Å². The van der Waals surface area contributed by atoms with Crippen molar-refractivity contribution in [3.8, 4) is 5.75 Å². The van der Waals surface area contributed by atoms with Crippen molar-refractivity contribution in [3.63, 3.8) is 0 Å². The Bertz CT molecular complexity index is 1390. The van der Waals surface area contributed by atoms with Crippen LogP contribution in [-0.4, -0.2) is 50.9 Å². The number of hydrogen-bond donors (Lipinski definition) is 1. The van der Waals surface area contributed by atoms with Gasteiger partial charge in [0.05, 0.1) is 17.7 Å². The van der Waals surface area contributed by atoms with E-state index in [4.69, 9.17) is 4.74 Å². The van der Waals surface area contributed by atoms with E-state index in [1.807, 2.05) is 37.3 Å². The summed E-state index contributed by atoms with van der Waals surface area (Å²) < 4.78 is 34.1. The first-order chi connectivity index (χ1) is 19.2. The van der Waals surface area contributed by atoms with Gasteiger partial charge in [0.25, 0.3) is 10.0 Å². The van der Waals surface area contributed by atoms with E-state index >= 15 is 0 Å². The molecule has 0 aliphatic heterocycles. The molecule has 1 fully saturated rings. The molecule has 0 spiro atoms. The van der Waals surface area contributed by atoms with E-state index in [9.17, 15) is 18.0 Å². The van der Waals surface area contributed by atoms with Gasteiger partial charge in [-0.1, -0.05) is 60.9 Å². The first-order valence-electron chi connectivity index (χ1n) is 13.6. The van der Waals surface area contributed by atoms with E-state index in [0.717, 1.165) is 41.1 Å². The van der Waals surface area contributed by atoms with Crippen LogP contribution < -0.4 is 14.4 Å². The lowest BCUT2D eigenvalue weighted by atomic mass is 10.1. The summed E-state index contributed by atoms with van der Waals surface area (Å²) in [5, 5.41) is 3.08. The van der Waals surface area contributed by atoms with E-state index < -0.39 is 28.5 Å². The van der Waals surface area contributed by atoms with Crippen LogP contribution >= 0.6 is 0 Å². The Morgan fingerprint density at radius 1 is 0.950 bits per heavy atom. The summed E-state index contributed by atoms with van der Waals surface area (Å²) in [5.41, 5.74) is 2.08. The molecule has 1 aliphatic rings. The number of carbonyl (C=O) groups is 2. The van der Waals surface area contributed by atoms with Gasteiger partial charge in [0.15, 0.2) is 0 Å². The van der Waals surface area contributed by atoms with Crippen LogP contribution in [0.3, 0.4) is 0 Å². The molecule has 3 aromatic carbocycles. The van der Waals surface area contributed by atoms with E-state index in [2.05, 4.69) is 5.32 Å². The van der Waals surface area contributed by atoms with Gasteiger partial charge in [-0.2, -0.15) is 0 Å². The third-order valence-corrected chi connectivity index (χ3v) is 9.10. The van der Waals surface area contributed by atoms with Crippen LogP contribution in [-0.2, 0) is 26.2 Å². The number of nitrogens with zero attached hydrogens (tertiary/aromatic N) is 2. The van der Waals surface area contributed by atoms with Crippen molar-refractivity contribution in [1.29, 1.82) is 0 Å². The summed E-state index contributed by atoms with van der Waals surface area (Å²) in [6, 6.07) is 21.7. The van der Waals surface area contributed by atoms with E-state index in [0.29, 0.717) is 11.4 Å². The summed E-state index contributed by atoms with van der Waals surface area (Å²) in [4.78, 5) is 28.8. The molecule has 0 bridgehead atoms. The largest absolute Gasteiger partial charge is 0.497 e. The number of aryl methyl sites for hydroxylation is 1. The van der Waals surface area contributed by atoms with Crippen molar-refractivity contribution in [1.82, 2.24) is 10.2 Å². The monoisotopic (exact) mass is 563 g/mol. The molecule has 0 saturated heterocycles. The Balaban J connectivity index is 1.67. The Kier molecular flexibility index (Phi) is 9.47. The number of amides is 2. The molecule has 4 rings (SSSR count). The van der Waals surface area contributed by atoms with Crippen molar-refractivity contribution in [3.05, 3.63) is 90.0 Å². The second-order valence-electron chi connectivity index (χ2n) is 10.2. The average molecular weight is 564 g/mol. The topological polar surface area (TPSA) is 96.0 Å². The number of carbonyl (C=O) groups excluding carboxylic acids is 2. The first kappa shape index (κ1) is 29.1. The zero-order valence-corrected chi connectivity index (χ0v) is 24.1. The maximum atomic E-state index is 14.0. The highest BCUT2D eigenvalue weighted by Crippen LogP contribution is 2.27. The Hall–Kier alpha value is -3.85. The Morgan fingerprint density at radius 2 is 1.57 bits per heavy atom. The summed E-state index contributed by atoms with van der Waals surface area (Å²) in [6.45, 7) is 3.26. The SMILES string of the molecule is COc1ccc(N(CC(=O)N(Cc2ccccc2)C(C)C(=O)NC2CCCC2)S(=O)(=O)c2ccc(C)cc2)cc1. The molecule has 0 radical (unpaired) electrons. The zero-order valence-electron chi connectivity index (χ0n) is 23.2. The second kappa shape index (κ2) is 13.0. The number of ether oxygens (including phenoxy) is 1. The molecule has 1 atom stereocenters. The molecule has 8 nitrogen and oxygen atoms in total. The molecule has 40 heavy (non-hydrogen) atoms. The highest BCUT2D eigenvalue weighted by Gasteiger charge is 2.33. The summed E-state index contributed by atoms with van der Waals surface area (Å²) in [5.74, 6) is -0.163. The zero-order chi connectivity index (χ0) is 28.7. The molecule has 9 heteroatoms. The molecular weight excluding hydrogens is 526 g/mol. The van der Waals surface area contributed by atoms with Crippen LogP contribution in [0.5, 0.6) is 5.75 Å². The molecule has 1 aliphatic carbocycles. The fourth-order valence-corrected chi connectivity index (χ4v) is 6.28. The number of sulfonamides is 1. The molecule has 3 aromatic rings. The predicted octanol–water partition coefficient (Wildman–Crippen LogP) is 4.68. The number of methoxy groups -OCH3 is 1. The van der Waals surface area contributed by atoms with E-state index in [1.54, 1.807) is 43.3 Å². The van der Waals surface area contributed by atoms with Crippen molar-refractivity contribution >= 4 is 27.5 Å². The van der Waals surface area contributed by atoms with Gasteiger partial charge in [-0.15, -0.1) is 0 Å². The van der Waals surface area contributed by atoms with Crippen LogP contribution in [0.1, 0.15) is 43.7 Å². The molecule has 0 aromatic heterocycles. The lowest BCUT2D eigenvalue weighted by Gasteiger charge is -2.32. The van der Waals surface area contributed by atoms with Gasteiger partial charge < -0.3 is 15.0 Å². The highest BCUT2D eigenvalue weighted by atomic mass is 32.2. The molecule has 1 unspecified atom stereocenters. The van der Waals surface area contributed by atoms with Gasteiger partial charge in [-0.05, 0) is 68.7 Å². The molecule has 1 saturated carbocycles. The number of rotatable bonds is 11. The Morgan fingerprint density at radius 3 is 2.17 bits per heavy atom. The van der Waals surface area contributed by atoms with Crippen molar-refractivity contribution in [2.45, 2.75) is 63.1 Å². The maximum Gasteiger partial charge on any atom is 0.264 e. The number of hydrogen-bond acceptors (Lipinski definition) is 5. The third kappa shape index (κ3) is 7.01. The first-order valence-corrected chi connectivity index (χ1v) is 15.0. The standard InChI is InChI=1S/C31H37N3O5S/c1-23-13-19-29(20-14-23)40(37,38)34(27-15-17-28(39-3)18-16-27)22-30(35)33(21-25-9-5-4-6-10-25)24(2)31(36)32-26-11-7-8-12-26/h4-6,9-10,13-20,24,26H,7-8,11-12,21-22H2,1-3H3,(H,32,36). The second-order valence-corrected chi connectivity index (χ2v) is 12.1. The van der Waals surface area contributed by atoms with Gasteiger partial charge in [0.1, 0.15) is 18.3 Å². The van der Waals surface area contributed by atoms with E-state index in [-0.39, 0.29) is 23.4 Å². The normalized spacial score (nSPS) is 14.4. The minimum atomic E-state index is -4.11. The maximum absolute atomic E-state index is 14.0. The minimum Gasteiger partial charge on any atom is -0.497 e. The van der Waals surface area contributed by atoms with Gasteiger partial charge in [0, 0.05) is 12.6 Å². The van der Waals surface area contributed by atoms with Crippen LogP contribution in [0.2, 0.25) is 0 Å². The molecule has 212 valence electrons. The van der Waals surface area contributed by atoms with Gasteiger partial charge >= 0.3 is 0 Å². The van der Waals surface area contributed by atoms with Crippen LogP contribution in [0.25, 0.3) is 0 Å². The van der Waals surface area contributed by atoms with Gasteiger partial charge in [-0.3, -0.25) is 13.9 Å². The highest BCUT2D eigenvalue weighted by molar-refractivity contribution is 7.92. The summed E-state index contributed by atoms with van der Waals surface area (Å²) in [7, 11) is -2.59. The van der Waals surface area contributed by atoms with Gasteiger partial charge in [-0.25, -0.2) is 8.42 Å². The average Bonchev–Trinajstić information content (AvgIpc) is 3.48. The van der Waals surface area contributed by atoms with Crippen LogP contribution in [0.15, 0.2) is 83.8 Å². The number of anilines is 1. The smallest absolute Gasteiger partial charge is 0.264 e. The predicted molar refractivity (Wildman–Crippen MR) is 156 cm³/mol. The fourth-order valence-electron chi connectivity index (χ4n) is 4.87. The van der Waals surface area contributed by atoms with Gasteiger partial charge in [0.2, 0.25) is 11.8 Å². The lowest BCUT2D eigenvalue weighted by molar-refractivity contribution is -0.139. The minimum absolute atomic E-state index is 0.0725. The third-order valence-electron chi connectivity index (χ3n) is 7.31. The lowest BCUT2D eigenvalue weighted by Crippen LogP contribution is -2.52. The molecule has 0 heterocycles. The van der Waals surface area contributed by atoms with Crippen molar-refractivity contribution in [2.24, 2.45) is 0 Å². The van der Waals surface area contributed by atoms with Crippen LogP contribution in [0.4, 0.5) is 5.69 Å². The molecule has 2 amide bonds.